The second kappa shape index (κ2) is 10.5. The van der Waals surface area contributed by atoms with E-state index in [0.29, 0.717) is 5.84 Å². The molecule has 1 aliphatic heterocycles. The number of hydrogen-bond acceptors (Lipinski definition) is 5. The minimum absolute atomic E-state index is 0.322. The molecule has 6 heteroatoms. The smallest absolute Gasteiger partial charge is 0.160 e. The number of aromatic nitrogens is 2. The molecule has 48 heavy (non-hydrogen) atoms. The Kier molecular flexibility index (Phi) is 5.84. The number of nitrogens with zero attached hydrogens (tertiary/aromatic N) is 4. The molecule has 4 heterocycles. The van der Waals surface area contributed by atoms with Crippen molar-refractivity contribution in [1.82, 2.24) is 14.9 Å². The molecule has 0 aliphatic carbocycles. The maximum Gasteiger partial charge on any atom is 0.160 e. The van der Waals surface area contributed by atoms with Gasteiger partial charge in [-0.2, -0.15) is 0 Å². The summed E-state index contributed by atoms with van der Waals surface area (Å²) in [6, 6.07) is 50.2. The number of hydrogen-bond donors (Lipinski definition) is 1. The third-order valence-electron chi connectivity index (χ3n) is 9.29. The van der Waals surface area contributed by atoms with Crippen molar-refractivity contribution < 1.29 is 4.42 Å². The van der Waals surface area contributed by atoms with E-state index in [2.05, 4.69) is 119 Å². The Balaban J connectivity index is 1.16. The van der Waals surface area contributed by atoms with Gasteiger partial charge >= 0.3 is 0 Å². The molecule has 1 atom stereocenters. The summed E-state index contributed by atoms with van der Waals surface area (Å²) in [5.41, 5.74) is 6.71. The van der Waals surface area contributed by atoms with Gasteiger partial charge in [0.05, 0.1) is 11.0 Å². The van der Waals surface area contributed by atoms with Crippen LogP contribution in [0.4, 0.5) is 0 Å². The topological polar surface area (TPSA) is 67.7 Å². The fraction of sp³-hybridized carbons (Fsp3) is 0.0238. The molecule has 0 fully saturated rings. The van der Waals surface area contributed by atoms with Crippen LogP contribution in [0.5, 0.6) is 0 Å². The summed E-state index contributed by atoms with van der Waals surface area (Å²) >= 11 is 0. The third-order valence-corrected chi connectivity index (χ3v) is 9.29. The van der Waals surface area contributed by atoms with Crippen LogP contribution in [0.15, 0.2) is 166 Å². The van der Waals surface area contributed by atoms with Crippen LogP contribution in [0.25, 0.3) is 60.3 Å². The number of amidine groups is 2. The Bertz CT molecular complexity index is 2770. The average molecular weight is 618 g/mol. The van der Waals surface area contributed by atoms with E-state index in [1.807, 2.05) is 42.6 Å². The van der Waals surface area contributed by atoms with Gasteiger partial charge in [0.1, 0.15) is 23.4 Å². The standard InChI is InChI=1S/C42H27N5O/c1-2-11-27(12-3-1)40-44-41(29-19-18-26-10-4-5-13-28(26)24-29)46-42(45-40)30-22-23-43-37(25-30)47-35-16-8-6-14-31(35)33-20-21-34-32-15-7-9-17-36(32)48-39(34)38(33)47/h1-25,41H,(H,44,45,46). The van der Waals surface area contributed by atoms with Crippen LogP contribution in [0.1, 0.15) is 22.9 Å². The predicted molar refractivity (Wildman–Crippen MR) is 195 cm³/mol. The van der Waals surface area contributed by atoms with Crippen LogP contribution < -0.4 is 5.32 Å². The third kappa shape index (κ3) is 4.16. The molecule has 1 N–H and O–H groups in total. The highest BCUT2D eigenvalue weighted by molar-refractivity contribution is 6.21. The minimum atomic E-state index is -0.322. The Morgan fingerprint density at radius 2 is 1.38 bits per heavy atom. The van der Waals surface area contributed by atoms with E-state index in [1.165, 1.54) is 10.8 Å². The molecule has 0 spiro atoms. The summed E-state index contributed by atoms with van der Waals surface area (Å²) in [5.74, 6) is 2.20. The Labute approximate surface area is 275 Å². The Hall–Kier alpha value is -6.53. The highest BCUT2D eigenvalue weighted by Gasteiger charge is 2.23. The number of nitrogens with one attached hydrogen (secondary N) is 1. The quantitative estimate of drug-likeness (QED) is 0.214. The molecular formula is C42H27N5O. The monoisotopic (exact) mass is 617 g/mol. The van der Waals surface area contributed by atoms with Crippen LogP contribution in [-0.2, 0) is 0 Å². The molecule has 1 aliphatic rings. The summed E-state index contributed by atoms with van der Waals surface area (Å²) < 4.78 is 8.78. The van der Waals surface area contributed by atoms with Gasteiger partial charge in [0.25, 0.3) is 0 Å². The zero-order valence-electron chi connectivity index (χ0n) is 25.7. The maximum atomic E-state index is 6.56. The largest absolute Gasteiger partial charge is 0.454 e. The van der Waals surface area contributed by atoms with Gasteiger partial charge < -0.3 is 9.73 Å². The molecule has 226 valence electrons. The van der Waals surface area contributed by atoms with Crippen molar-refractivity contribution in [2.24, 2.45) is 9.98 Å². The summed E-state index contributed by atoms with van der Waals surface area (Å²) in [7, 11) is 0. The van der Waals surface area contributed by atoms with Crippen molar-refractivity contribution >= 4 is 66.2 Å². The SMILES string of the molecule is c1ccc(C2=NC(c3ccc4ccccc4c3)NC(c3ccnc(-n4c5ccccc5c5ccc6c7ccccc7oc6c54)c3)=N2)cc1. The molecule has 1 unspecified atom stereocenters. The number of furan rings is 1. The fourth-order valence-electron chi connectivity index (χ4n) is 7.02. The Morgan fingerprint density at radius 3 is 2.29 bits per heavy atom. The van der Waals surface area contributed by atoms with Gasteiger partial charge in [0.15, 0.2) is 11.4 Å². The molecule has 6 aromatic carbocycles. The first kappa shape index (κ1) is 26.7. The van der Waals surface area contributed by atoms with Gasteiger partial charge in [0, 0.05) is 38.9 Å². The number of fused-ring (bicyclic) bond motifs is 8. The van der Waals surface area contributed by atoms with E-state index in [1.54, 1.807) is 0 Å². The lowest BCUT2D eigenvalue weighted by Crippen LogP contribution is -2.33. The Morgan fingerprint density at radius 1 is 0.604 bits per heavy atom. The van der Waals surface area contributed by atoms with Crippen LogP contribution in [-0.4, -0.2) is 21.2 Å². The van der Waals surface area contributed by atoms with Crippen molar-refractivity contribution in [3.8, 4) is 5.82 Å². The van der Waals surface area contributed by atoms with Crippen LogP contribution in [0.3, 0.4) is 0 Å². The molecule has 0 saturated heterocycles. The first-order chi connectivity index (χ1) is 23.8. The predicted octanol–water partition coefficient (Wildman–Crippen LogP) is 9.73. The lowest BCUT2D eigenvalue weighted by atomic mass is 10.0. The van der Waals surface area contributed by atoms with E-state index >= 15 is 0 Å². The zero-order chi connectivity index (χ0) is 31.6. The van der Waals surface area contributed by atoms with E-state index in [-0.39, 0.29) is 6.17 Å². The first-order valence-electron chi connectivity index (χ1n) is 16.1. The molecule has 0 amide bonds. The fourth-order valence-corrected chi connectivity index (χ4v) is 7.02. The normalized spacial score (nSPS) is 14.9. The van der Waals surface area contributed by atoms with Gasteiger partial charge in [-0.05, 0) is 52.7 Å². The molecule has 0 radical (unpaired) electrons. The van der Waals surface area contributed by atoms with Crippen molar-refractivity contribution in [2.75, 3.05) is 0 Å². The zero-order valence-corrected chi connectivity index (χ0v) is 25.7. The number of aliphatic imine (C=N–C) groups is 2. The number of pyridine rings is 1. The van der Waals surface area contributed by atoms with Crippen molar-refractivity contribution in [1.29, 1.82) is 0 Å². The lowest BCUT2D eigenvalue weighted by molar-refractivity contribution is 0.671. The second-order valence-corrected chi connectivity index (χ2v) is 12.1. The molecule has 0 saturated carbocycles. The van der Waals surface area contributed by atoms with Crippen LogP contribution in [0, 0.1) is 0 Å². The van der Waals surface area contributed by atoms with Gasteiger partial charge in [-0.25, -0.2) is 15.0 Å². The van der Waals surface area contributed by atoms with Crippen molar-refractivity contribution in [2.45, 2.75) is 6.17 Å². The molecular weight excluding hydrogens is 590 g/mol. The van der Waals surface area contributed by atoms with Crippen molar-refractivity contribution in [3.05, 3.63) is 168 Å². The average Bonchev–Trinajstić information content (AvgIpc) is 3.71. The molecule has 3 aromatic heterocycles. The molecule has 0 bridgehead atoms. The summed E-state index contributed by atoms with van der Waals surface area (Å²) in [4.78, 5) is 15.1. The summed E-state index contributed by atoms with van der Waals surface area (Å²) in [6.07, 6.45) is 1.53. The van der Waals surface area contributed by atoms with Crippen LogP contribution in [0.2, 0.25) is 0 Å². The van der Waals surface area contributed by atoms with Gasteiger partial charge in [-0.15, -0.1) is 0 Å². The molecule has 10 rings (SSSR count). The highest BCUT2D eigenvalue weighted by Crippen LogP contribution is 2.40. The minimum Gasteiger partial charge on any atom is -0.454 e. The summed E-state index contributed by atoms with van der Waals surface area (Å²) in [5, 5.41) is 10.5. The molecule has 6 nitrogen and oxygen atoms in total. The molecule has 9 aromatic rings. The number of benzene rings is 6. The van der Waals surface area contributed by atoms with Gasteiger partial charge in [0.2, 0.25) is 0 Å². The number of para-hydroxylation sites is 2. The van der Waals surface area contributed by atoms with Crippen molar-refractivity contribution in [3.63, 3.8) is 0 Å². The first-order valence-corrected chi connectivity index (χ1v) is 16.1. The number of rotatable bonds is 4. The maximum absolute atomic E-state index is 6.56. The lowest BCUT2D eigenvalue weighted by Gasteiger charge is -2.24. The van der Waals surface area contributed by atoms with E-state index in [0.717, 1.165) is 72.1 Å². The highest BCUT2D eigenvalue weighted by atomic mass is 16.3. The van der Waals surface area contributed by atoms with E-state index < -0.39 is 0 Å². The van der Waals surface area contributed by atoms with Gasteiger partial charge in [-0.3, -0.25) is 4.57 Å². The van der Waals surface area contributed by atoms with E-state index in [9.17, 15) is 0 Å². The van der Waals surface area contributed by atoms with Gasteiger partial charge in [-0.1, -0.05) is 109 Å². The van der Waals surface area contributed by atoms with Crippen LogP contribution >= 0.6 is 0 Å². The summed E-state index contributed by atoms with van der Waals surface area (Å²) in [6.45, 7) is 0. The van der Waals surface area contributed by atoms with E-state index in [4.69, 9.17) is 19.4 Å². The second-order valence-electron chi connectivity index (χ2n) is 12.1.